The fourth-order valence-corrected chi connectivity index (χ4v) is 2.84. The summed E-state index contributed by atoms with van der Waals surface area (Å²) in [5.41, 5.74) is 9.35. The number of aromatic nitrogens is 5. The Hall–Kier alpha value is -3.29. The lowest BCUT2D eigenvalue weighted by molar-refractivity contribution is 0.380. The van der Waals surface area contributed by atoms with Crippen LogP contribution in [-0.2, 0) is 0 Å². The van der Waals surface area contributed by atoms with E-state index in [9.17, 15) is 0 Å². The number of methoxy groups -OCH3 is 1. The molecule has 0 aliphatic carbocycles. The number of ether oxygens (including phenoxy) is 1. The Labute approximate surface area is 164 Å². The lowest BCUT2D eigenvalue weighted by Gasteiger charge is -2.22. The van der Waals surface area contributed by atoms with Gasteiger partial charge in [-0.3, -0.25) is 4.98 Å². The highest BCUT2D eigenvalue weighted by Crippen LogP contribution is 2.30. The number of nitrogens with zero attached hydrogens (tertiary/aromatic N) is 5. The van der Waals surface area contributed by atoms with Crippen LogP contribution in [0.3, 0.4) is 0 Å². The van der Waals surface area contributed by atoms with Crippen LogP contribution in [0, 0.1) is 12.8 Å². The van der Waals surface area contributed by atoms with Gasteiger partial charge >= 0.3 is 0 Å². The third-order valence-electron chi connectivity index (χ3n) is 4.82. The first-order valence-electron chi connectivity index (χ1n) is 9.13. The van der Waals surface area contributed by atoms with Crippen LogP contribution in [-0.4, -0.2) is 38.6 Å². The Morgan fingerprint density at radius 3 is 2.64 bits per heavy atom. The van der Waals surface area contributed by atoms with Crippen molar-refractivity contribution in [2.75, 3.05) is 24.7 Å². The number of nitrogens with one attached hydrogen (secondary N) is 1. The average molecular weight is 379 g/mol. The molecule has 146 valence electrons. The summed E-state index contributed by atoms with van der Waals surface area (Å²) in [6, 6.07) is 5.90. The van der Waals surface area contributed by atoms with Crippen LogP contribution in [0.5, 0.6) is 5.88 Å². The number of hydrogen-bond acceptors (Lipinski definition) is 8. The molecule has 0 radical (unpaired) electrons. The van der Waals surface area contributed by atoms with Crippen molar-refractivity contribution < 1.29 is 4.74 Å². The molecule has 0 aliphatic heterocycles. The molecular weight excluding hydrogens is 354 g/mol. The molecule has 0 fully saturated rings. The van der Waals surface area contributed by atoms with Crippen molar-refractivity contribution in [1.29, 1.82) is 0 Å². The number of nitrogens with two attached hydrogens (primary N) is 1. The molecule has 8 heteroatoms. The van der Waals surface area contributed by atoms with Gasteiger partial charge in [0.15, 0.2) is 0 Å². The van der Waals surface area contributed by atoms with E-state index in [0.29, 0.717) is 5.88 Å². The van der Waals surface area contributed by atoms with Crippen molar-refractivity contribution in [2.45, 2.75) is 26.7 Å². The maximum absolute atomic E-state index is 5.65. The number of aryl methyl sites for hydroxylation is 1. The van der Waals surface area contributed by atoms with E-state index in [0.717, 1.165) is 34.9 Å². The van der Waals surface area contributed by atoms with Gasteiger partial charge in [0.25, 0.3) is 0 Å². The van der Waals surface area contributed by atoms with E-state index in [4.69, 9.17) is 10.5 Å². The predicted molar refractivity (Wildman–Crippen MR) is 109 cm³/mol. The lowest BCUT2D eigenvalue weighted by atomic mass is 9.90. The van der Waals surface area contributed by atoms with Gasteiger partial charge in [-0.25, -0.2) is 15.0 Å². The van der Waals surface area contributed by atoms with Crippen molar-refractivity contribution in [3.8, 4) is 17.1 Å². The topological polar surface area (TPSA) is 112 Å². The highest BCUT2D eigenvalue weighted by atomic mass is 16.5. The first-order chi connectivity index (χ1) is 13.5. The van der Waals surface area contributed by atoms with Gasteiger partial charge in [-0.05, 0) is 30.9 Å². The molecule has 28 heavy (non-hydrogen) atoms. The van der Waals surface area contributed by atoms with Crippen LogP contribution < -0.4 is 15.8 Å². The second-order valence-electron chi connectivity index (χ2n) is 6.82. The second kappa shape index (κ2) is 8.60. The maximum atomic E-state index is 5.65. The van der Waals surface area contributed by atoms with Gasteiger partial charge in [-0.2, -0.15) is 4.98 Å². The normalized spacial score (nSPS) is 13.0. The van der Waals surface area contributed by atoms with Crippen molar-refractivity contribution >= 4 is 11.8 Å². The molecule has 2 unspecified atom stereocenters. The summed E-state index contributed by atoms with van der Waals surface area (Å²) >= 11 is 0. The summed E-state index contributed by atoms with van der Waals surface area (Å²) < 4.78 is 5.36. The predicted octanol–water partition coefficient (Wildman–Crippen LogP) is 3.08. The van der Waals surface area contributed by atoms with Crippen LogP contribution >= 0.6 is 0 Å². The number of hydrogen-bond donors (Lipinski definition) is 2. The van der Waals surface area contributed by atoms with Gasteiger partial charge in [-0.15, -0.1) is 0 Å². The standard InChI is InChI=1S/C20H25N7O/c1-12(14(3)16-10-24-20(21)27-19(16)28-4)8-23-18-7-17(25-11-26-18)15-6-5-13(2)22-9-15/h5-7,9-12,14H,8H2,1-4H3,(H2,21,24,27)(H,23,25,26). The summed E-state index contributed by atoms with van der Waals surface area (Å²) in [5.74, 6) is 1.94. The molecule has 0 saturated carbocycles. The Kier molecular flexibility index (Phi) is 5.98. The van der Waals surface area contributed by atoms with Crippen LogP contribution in [0.2, 0.25) is 0 Å². The molecule has 0 bridgehead atoms. The molecule has 3 aromatic heterocycles. The van der Waals surface area contributed by atoms with Crippen molar-refractivity contribution in [2.24, 2.45) is 5.92 Å². The van der Waals surface area contributed by atoms with E-state index in [-0.39, 0.29) is 17.8 Å². The molecule has 0 saturated heterocycles. The molecule has 3 heterocycles. The van der Waals surface area contributed by atoms with Gasteiger partial charge in [-0.1, -0.05) is 13.8 Å². The number of anilines is 2. The Bertz CT molecular complexity index is 930. The minimum absolute atomic E-state index is 0.172. The summed E-state index contributed by atoms with van der Waals surface area (Å²) in [6.45, 7) is 6.95. The first kappa shape index (κ1) is 19.5. The summed E-state index contributed by atoms with van der Waals surface area (Å²) in [6.07, 6.45) is 5.11. The molecule has 0 aliphatic rings. The fraction of sp³-hybridized carbons (Fsp3) is 0.350. The molecular formula is C20H25N7O. The lowest BCUT2D eigenvalue weighted by Crippen LogP contribution is -2.19. The molecule has 3 rings (SSSR count). The smallest absolute Gasteiger partial charge is 0.223 e. The Balaban J connectivity index is 1.68. The van der Waals surface area contributed by atoms with Crippen LogP contribution in [0.4, 0.5) is 11.8 Å². The summed E-state index contributed by atoms with van der Waals surface area (Å²) in [5, 5.41) is 3.39. The average Bonchev–Trinajstić information content (AvgIpc) is 2.72. The minimum atomic E-state index is 0.172. The van der Waals surface area contributed by atoms with Gasteiger partial charge in [0.05, 0.1) is 12.8 Å². The maximum Gasteiger partial charge on any atom is 0.223 e. The summed E-state index contributed by atoms with van der Waals surface area (Å²) in [7, 11) is 1.59. The third kappa shape index (κ3) is 4.51. The number of pyridine rings is 1. The fourth-order valence-electron chi connectivity index (χ4n) is 2.84. The monoisotopic (exact) mass is 379 g/mol. The van der Waals surface area contributed by atoms with E-state index < -0.39 is 0 Å². The molecule has 0 aromatic carbocycles. The number of rotatable bonds is 7. The molecule has 0 amide bonds. The molecule has 3 aromatic rings. The van der Waals surface area contributed by atoms with E-state index in [1.54, 1.807) is 19.6 Å². The van der Waals surface area contributed by atoms with Crippen LogP contribution in [0.25, 0.3) is 11.3 Å². The summed E-state index contributed by atoms with van der Waals surface area (Å²) in [4.78, 5) is 21.3. The Morgan fingerprint density at radius 2 is 1.93 bits per heavy atom. The Morgan fingerprint density at radius 1 is 1.11 bits per heavy atom. The highest BCUT2D eigenvalue weighted by molar-refractivity contribution is 5.61. The van der Waals surface area contributed by atoms with Gasteiger partial charge in [0.2, 0.25) is 11.8 Å². The second-order valence-corrected chi connectivity index (χ2v) is 6.82. The van der Waals surface area contributed by atoms with Gasteiger partial charge in [0.1, 0.15) is 12.1 Å². The van der Waals surface area contributed by atoms with E-state index in [2.05, 4.69) is 44.1 Å². The molecule has 8 nitrogen and oxygen atoms in total. The van der Waals surface area contributed by atoms with Crippen molar-refractivity contribution in [3.05, 3.63) is 48.2 Å². The number of nitrogen functional groups attached to an aromatic ring is 1. The SMILES string of the molecule is COc1nc(N)ncc1C(C)C(C)CNc1cc(-c2ccc(C)nc2)ncn1. The van der Waals surface area contributed by atoms with Crippen molar-refractivity contribution in [3.63, 3.8) is 0 Å². The van der Waals surface area contributed by atoms with E-state index in [1.165, 1.54) is 0 Å². The molecule has 3 N–H and O–H groups in total. The molecule has 2 atom stereocenters. The zero-order valence-corrected chi connectivity index (χ0v) is 16.5. The van der Waals surface area contributed by atoms with Gasteiger partial charge in [0, 0.05) is 41.8 Å². The quantitative estimate of drug-likeness (QED) is 0.644. The van der Waals surface area contributed by atoms with Crippen LogP contribution in [0.15, 0.2) is 36.9 Å². The minimum Gasteiger partial charge on any atom is -0.481 e. The molecule has 0 spiro atoms. The van der Waals surface area contributed by atoms with Crippen molar-refractivity contribution in [1.82, 2.24) is 24.9 Å². The van der Waals surface area contributed by atoms with E-state index >= 15 is 0 Å². The first-order valence-corrected chi connectivity index (χ1v) is 9.13. The largest absolute Gasteiger partial charge is 0.481 e. The van der Waals surface area contributed by atoms with Crippen LogP contribution in [0.1, 0.15) is 31.0 Å². The van der Waals surface area contributed by atoms with Gasteiger partial charge < -0.3 is 15.8 Å². The highest BCUT2D eigenvalue weighted by Gasteiger charge is 2.20. The third-order valence-corrected chi connectivity index (χ3v) is 4.82. The zero-order chi connectivity index (χ0) is 20.1. The zero-order valence-electron chi connectivity index (χ0n) is 16.5. The van der Waals surface area contributed by atoms with E-state index in [1.807, 2.05) is 31.3 Å².